The van der Waals surface area contributed by atoms with Crippen LogP contribution in [0.1, 0.15) is 25.0 Å². The van der Waals surface area contributed by atoms with Gasteiger partial charge in [-0.15, -0.1) is 0 Å². The summed E-state index contributed by atoms with van der Waals surface area (Å²) in [6, 6.07) is 15.1. The quantitative estimate of drug-likeness (QED) is 0.746. The number of hydrogen-bond acceptors (Lipinski definition) is 3. The minimum Gasteiger partial charge on any atom is -0.354 e. The number of amides is 1. The molecule has 1 amide bonds. The van der Waals surface area contributed by atoms with E-state index < -0.39 is 16.1 Å². The van der Waals surface area contributed by atoms with Crippen molar-refractivity contribution in [1.82, 2.24) is 10.0 Å². The maximum Gasteiger partial charge on any atom is 0.241 e. The predicted molar refractivity (Wildman–Crippen MR) is 103 cm³/mol. The number of carbonyl (C=O) groups is 1. The summed E-state index contributed by atoms with van der Waals surface area (Å²) in [6.07, 6.45) is 0.288. The zero-order chi connectivity index (χ0) is 19.2. The molecule has 0 saturated heterocycles. The zero-order valence-electron chi connectivity index (χ0n) is 15.4. The van der Waals surface area contributed by atoms with Crippen molar-refractivity contribution in [3.8, 4) is 0 Å². The average molecular weight is 375 g/mol. The number of carbonyl (C=O) groups excluding carboxylic acids is 1. The molecule has 2 N–H and O–H groups in total. The second-order valence-corrected chi connectivity index (χ2v) is 8.53. The fourth-order valence-electron chi connectivity index (χ4n) is 2.44. The molecule has 0 unspecified atom stereocenters. The number of benzene rings is 2. The highest BCUT2D eigenvalue weighted by molar-refractivity contribution is 7.89. The third-order valence-corrected chi connectivity index (χ3v) is 5.40. The third-order valence-electron chi connectivity index (χ3n) is 3.91. The summed E-state index contributed by atoms with van der Waals surface area (Å²) in [7, 11) is -3.79. The highest BCUT2D eigenvalue weighted by atomic mass is 32.2. The summed E-state index contributed by atoms with van der Waals surface area (Å²) in [4.78, 5) is 12.7. The van der Waals surface area contributed by atoms with Crippen molar-refractivity contribution in [3.05, 3.63) is 65.7 Å². The number of rotatable bonds is 8. The zero-order valence-corrected chi connectivity index (χ0v) is 16.2. The molecule has 0 aromatic heterocycles. The van der Waals surface area contributed by atoms with E-state index in [1.54, 1.807) is 24.3 Å². The first-order valence-electron chi connectivity index (χ1n) is 8.68. The van der Waals surface area contributed by atoms with Crippen LogP contribution >= 0.6 is 0 Å². The van der Waals surface area contributed by atoms with Crippen LogP contribution in [0.2, 0.25) is 0 Å². The molecular formula is C20H26N2O3S. The van der Waals surface area contributed by atoms with E-state index in [-0.39, 0.29) is 23.1 Å². The molecular weight excluding hydrogens is 348 g/mol. The molecule has 26 heavy (non-hydrogen) atoms. The van der Waals surface area contributed by atoms with Gasteiger partial charge in [0, 0.05) is 6.54 Å². The van der Waals surface area contributed by atoms with Gasteiger partial charge in [-0.25, -0.2) is 8.42 Å². The summed E-state index contributed by atoms with van der Waals surface area (Å²) in [5, 5.41) is 2.82. The molecule has 6 heteroatoms. The average Bonchev–Trinajstić information content (AvgIpc) is 2.60. The molecule has 0 radical (unpaired) electrons. The normalized spacial score (nSPS) is 12.8. The number of sulfonamides is 1. The van der Waals surface area contributed by atoms with Gasteiger partial charge in [-0.2, -0.15) is 4.72 Å². The molecule has 2 rings (SSSR count). The fourth-order valence-corrected chi connectivity index (χ4v) is 3.63. The molecule has 5 nitrogen and oxygen atoms in total. The van der Waals surface area contributed by atoms with E-state index in [1.807, 2.05) is 51.1 Å². The second kappa shape index (κ2) is 8.96. The smallest absolute Gasteiger partial charge is 0.241 e. The van der Waals surface area contributed by atoms with E-state index in [4.69, 9.17) is 0 Å². The predicted octanol–water partition coefficient (Wildman–Crippen LogP) is 2.66. The van der Waals surface area contributed by atoms with Gasteiger partial charge >= 0.3 is 0 Å². The van der Waals surface area contributed by atoms with Crippen LogP contribution in [-0.4, -0.2) is 26.9 Å². The van der Waals surface area contributed by atoms with Gasteiger partial charge < -0.3 is 5.32 Å². The number of nitrogens with one attached hydrogen (secondary N) is 2. The van der Waals surface area contributed by atoms with Crippen LogP contribution in [-0.2, 0) is 21.2 Å². The Hall–Kier alpha value is -2.18. The maximum atomic E-state index is 12.7. The number of aryl methyl sites for hydroxylation is 1. The highest BCUT2D eigenvalue weighted by Gasteiger charge is 2.26. The molecule has 0 aliphatic heterocycles. The van der Waals surface area contributed by atoms with Crippen LogP contribution in [0, 0.1) is 12.8 Å². The van der Waals surface area contributed by atoms with E-state index in [1.165, 1.54) is 0 Å². The Kier molecular flexibility index (Phi) is 6.94. The Morgan fingerprint density at radius 2 is 1.62 bits per heavy atom. The minimum atomic E-state index is -3.79. The molecule has 0 saturated carbocycles. The molecule has 2 aromatic rings. The van der Waals surface area contributed by atoms with Gasteiger partial charge in [-0.3, -0.25) is 4.79 Å². The highest BCUT2D eigenvalue weighted by Crippen LogP contribution is 2.12. The largest absolute Gasteiger partial charge is 0.354 e. The summed E-state index contributed by atoms with van der Waals surface area (Å²) in [5.74, 6) is -0.0386. The van der Waals surface area contributed by atoms with Crippen LogP contribution in [0.5, 0.6) is 0 Å². The molecule has 0 fully saturated rings. The van der Waals surface area contributed by atoms with E-state index in [9.17, 15) is 13.2 Å². The van der Waals surface area contributed by atoms with E-state index in [2.05, 4.69) is 10.0 Å². The molecule has 1 atom stereocenters. The van der Waals surface area contributed by atoms with Crippen LogP contribution in [0.15, 0.2) is 59.5 Å². The van der Waals surface area contributed by atoms with Crippen LogP contribution in [0.3, 0.4) is 0 Å². The molecule has 0 spiro atoms. The van der Waals surface area contributed by atoms with Gasteiger partial charge in [-0.1, -0.05) is 61.9 Å². The van der Waals surface area contributed by atoms with Crippen molar-refractivity contribution in [2.75, 3.05) is 6.54 Å². The minimum absolute atomic E-state index is 0.151. The van der Waals surface area contributed by atoms with Crippen molar-refractivity contribution in [2.24, 2.45) is 5.92 Å². The van der Waals surface area contributed by atoms with Gasteiger partial charge in [0.1, 0.15) is 6.04 Å². The first-order chi connectivity index (χ1) is 12.3. The monoisotopic (exact) mass is 374 g/mol. The Balaban J connectivity index is 2.21. The van der Waals surface area contributed by atoms with E-state index >= 15 is 0 Å². The lowest BCUT2D eigenvalue weighted by Gasteiger charge is -2.19. The number of hydrogen-bond donors (Lipinski definition) is 2. The van der Waals surface area contributed by atoms with Crippen molar-refractivity contribution in [1.29, 1.82) is 0 Å². The topological polar surface area (TPSA) is 75.3 Å². The van der Waals surface area contributed by atoms with Gasteiger partial charge in [0.25, 0.3) is 0 Å². The van der Waals surface area contributed by atoms with Gasteiger partial charge in [0.15, 0.2) is 0 Å². The molecule has 0 aliphatic carbocycles. The van der Waals surface area contributed by atoms with E-state index in [0.717, 1.165) is 11.1 Å². The van der Waals surface area contributed by atoms with Crippen LogP contribution in [0.25, 0.3) is 0 Å². The lowest BCUT2D eigenvalue weighted by Crippen LogP contribution is -2.48. The second-order valence-electron chi connectivity index (χ2n) is 6.82. The standard InChI is InChI=1S/C20H26N2O3S/c1-15(2)14-21-20(23)19(13-17-7-5-4-6-8-17)22-26(24,25)18-11-9-16(3)10-12-18/h4-12,15,19,22H,13-14H2,1-3H3,(H,21,23)/t19-/m1/s1. The SMILES string of the molecule is Cc1ccc(S(=O)(=O)N[C@H](Cc2ccccc2)C(=O)NCC(C)C)cc1. The Labute approximate surface area is 155 Å². The van der Waals surface area contributed by atoms with Crippen molar-refractivity contribution in [3.63, 3.8) is 0 Å². The molecule has 0 bridgehead atoms. The van der Waals surface area contributed by atoms with Crippen molar-refractivity contribution in [2.45, 2.75) is 38.1 Å². The Bertz CT molecular complexity index is 816. The van der Waals surface area contributed by atoms with Gasteiger partial charge in [0.2, 0.25) is 15.9 Å². The molecule has 2 aromatic carbocycles. The molecule has 0 heterocycles. The summed E-state index contributed by atoms with van der Waals surface area (Å²) < 4.78 is 28.0. The lowest BCUT2D eigenvalue weighted by molar-refractivity contribution is -0.122. The van der Waals surface area contributed by atoms with Crippen molar-refractivity contribution < 1.29 is 13.2 Å². The molecule has 140 valence electrons. The van der Waals surface area contributed by atoms with Gasteiger partial charge in [-0.05, 0) is 37.0 Å². The summed E-state index contributed by atoms with van der Waals surface area (Å²) >= 11 is 0. The summed E-state index contributed by atoms with van der Waals surface area (Å²) in [6.45, 7) is 6.36. The lowest BCUT2D eigenvalue weighted by atomic mass is 10.1. The first-order valence-corrected chi connectivity index (χ1v) is 10.2. The first kappa shape index (κ1) is 20.1. The van der Waals surface area contributed by atoms with Gasteiger partial charge in [0.05, 0.1) is 4.90 Å². The van der Waals surface area contributed by atoms with E-state index in [0.29, 0.717) is 6.54 Å². The van der Waals surface area contributed by atoms with Crippen LogP contribution in [0.4, 0.5) is 0 Å². The Morgan fingerprint density at radius 3 is 2.19 bits per heavy atom. The maximum absolute atomic E-state index is 12.7. The Morgan fingerprint density at radius 1 is 1.00 bits per heavy atom. The third kappa shape index (κ3) is 5.97. The van der Waals surface area contributed by atoms with Crippen LogP contribution < -0.4 is 10.0 Å². The fraction of sp³-hybridized carbons (Fsp3) is 0.350. The summed E-state index contributed by atoms with van der Waals surface area (Å²) in [5.41, 5.74) is 1.86. The molecule has 0 aliphatic rings. The van der Waals surface area contributed by atoms with Crippen molar-refractivity contribution >= 4 is 15.9 Å².